The number of hydrogen-bond donors (Lipinski definition) is 2. The van der Waals surface area contributed by atoms with Crippen LogP contribution < -0.4 is 5.32 Å². The van der Waals surface area contributed by atoms with Gasteiger partial charge >= 0.3 is 0 Å². The SMILES string of the molecule is C=C1Nc2ccccc2[C@]12C[C@@H]2c1ccc2cn[nH]c2c1. The third-order valence-electron chi connectivity index (χ3n) is 5.06. The van der Waals surface area contributed by atoms with E-state index in [1.54, 1.807) is 0 Å². The van der Waals surface area contributed by atoms with Gasteiger partial charge in [0.25, 0.3) is 0 Å². The van der Waals surface area contributed by atoms with Crippen molar-refractivity contribution in [3.05, 3.63) is 72.1 Å². The molecule has 1 aliphatic heterocycles. The minimum Gasteiger partial charge on any atom is -0.358 e. The highest BCUT2D eigenvalue weighted by Crippen LogP contribution is 2.68. The fourth-order valence-corrected chi connectivity index (χ4v) is 3.89. The van der Waals surface area contributed by atoms with Crippen LogP contribution in [0.2, 0.25) is 0 Å². The van der Waals surface area contributed by atoms with E-state index in [4.69, 9.17) is 0 Å². The van der Waals surface area contributed by atoms with E-state index in [-0.39, 0.29) is 5.41 Å². The lowest BCUT2D eigenvalue weighted by Gasteiger charge is -2.12. The zero-order valence-electron chi connectivity index (χ0n) is 11.6. The van der Waals surface area contributed by atoms with Crippen LogP contribution in [0.1, 0.15) is 23.5 Å². The second-order valence-electron chi connectivity index (χ2n) is 6.09. The van der Waals surface area contributed by atoms with Crippen molar-refractivity contribution in [2.45, 2.75) is 17.8 Å². The first kappa shape index (κ1) is 11.1. The van der Waals surface area contributed by atoms with Crippen LogP contribution in [-0.2, 0) is 5.41 Å². The minimum absolute atomic E-state index is 0.0876. The molecule has 2 heterocycles. The van der Waals surface area contributed by atoms with Gasteiger partial charge in [-0.3, -0.25) is 5.10 Å². The molecule has 5 rings (SSSR count). The Morgan fingerprint density at radius 1 is 1.19 bits per heavy atom. The van der Waals surface area contributed by atoms with E-state index in [9.17, 15) is 0 Å². The predicted molar refractivity (Wildman–Crippen MR) is 84.3 cm³/mol. The van der Waals surface area contributed by atoms with Crippen LogP contribution in [0.3, 0.4) is 0 Å². The number of aromatic amines is 1. The highest BCUT2D eigenvalue weighted by Gasteiger charge is 2.61. The molecule has 0 unspecified atom stereocenters. The summed E-state index contributed by atoms with van der Waals surface area (Å²) >= 11 is 0. The van der Waals surface area contributed by atoms with Crippen LogP contribution in [-0.4, -0.2) is 10.2 Å². The standard InChI is InChI=1S/C18H15N3/c1-11-18(14-4-2-3-5-16(14)20-11)9-15(18)12-6-7-13-10-19-21-17(13)8-12/h2-8,10,15,20H,1,9H2,(H,19,21)/t15-,18+/m1/s1. The summed E-state index contributed by atoms with van der Waals surface area (Å²) in [6.07, 6.45) is 3.00. The van der Waals surface area contributed by atoms with Crippen molar-refractivity contribution in [1.82, 2.24) is 10.2 Å². The van der Waals surface area contributed by atoms with Crippen LogP contribution in [0.25, 0.3) is 10.9 Å². The highest BCUT2D eigenvalue weighted by atomic mass is 15.1. The molecular weight excluding hydrogens is 258 g/mol. The Morgan fingerprint density at radius 2 is 2.10 bits per heavy atom. The smallest absolute Gasteiger partial charge is 0.0653 e. The molecule has 1 fully saturated rings. The van der Waals surface area contributed by atoms with Crippen molar-refractivity contribution in [3.63, 3.8) is 0 Å². The maximum absolute atomic E-state index is 4.28. The number of para-hydroxylation sites is 1. The Hall–Kier alpha value is -2.55. The van der Waals surface area contributed by atoms with Crippen molar-refractivity contribution in [1.29, 1.82) is 0 Å². The maximum Gasteiger partial charge on any atom is 0.0653 e. The van der Waals surface area contributed by atoms with Gasteiger partial charge in [-0.2, -0.15) is 5.10 Å². The number of nitrogens with zero attached hydrogens (tertiary/aromatic N) is 1. The molecule has 2 aromatic carbocycles. The second kappa shape index (κ2) is 3.55. The second-order valence-corrected chi connectivity index (χ2v) is 6.09. The summed E-state index contributed by atoms with van der Waals surface area (Å²) in [5.74, 6) is 0.508. The summed E-state index contributed by atoms with van der Waals surface area (Å²) in [4.78, 5) is 0. The van der Waals surface area contributed by atoms with Gasteiger partial charge in [-0.15, -0.1) is 0 Å². The molecule has 1 spiro atoms. The van der Waals surface area contributed by atoms with Gasteiger partial charge in [-0.1, -0.05) is 36.9 Å². The third kappa shape index (κ3) is 1.31. The van der Waals surface area contributed by atoms with Crippen LogP contribution in [0.15, 0.2) is 60.9 Å². The molecule has 21 heavy (non-hydrogen) atoms. The summed E-state index contributed by atoms with van der Waals surface area (Å²) in [6, 6.07) is 15.2. The number of anilines is 1. The Labute approximate surface area is 122 Å². The number of nitrogens with one attached hydrogen (secondary N) is 2. The van der Waals surface area contributed by atoms with Gasteiger partial charge in [-0.25, -0.2) is 0 Å². The number of fused-ring (bicyclic) bond motifs is 3. The molecule has 0 saturated heterocycles. The molecular formula is C18H15N3. The summed E-state index contributed by atoms with van der Waals surface area (Å²) < 4.78 is 0. The summed E-state index contributed by atoms with van der Waals surface area (Å²) in [5, 5.41) is 11.8. The van der Waals surface area contributed by atoms with Crippen LogP contribution >= 0.6 is 0 Å². The average Bonchev–Trinajstić information content (AvgIpc) is 2.97. The van der Waals surface area contributed by atoms with Crippen molar-refractivity contribution in [3.8, 4) is 0 Å². The van der Waals surface area contributed by atoms with E-state index >= 15 is 0 Å². The Balaban J connectivity index is 1.63. The molecule has 1 saturated carbocycles. The number of H-pyrrole nitrogens is 1. The monoisotopic (exact) mass is 273 g/mol. The quantitative estimate of drug-likeness (QED) is 0.705. The minimum atomic E-state index is 0.0876. The topological polar surface area (TPSA) is 40.7 Å². The predicted octanol–water partition coefficient (Wildman–Crippen LogP) is 3.93. The lowest BCUT2D eigenvalue weighted by Crippen LogP contribution is -2.09. The number of allylic oxidation sites excluding steroid dienone is 1. The third-order valence-corrected chi connectivity index (χ3v) is 5.06. The van der Waals surface area contributed by atoms with Gasteiger partial charge in [0.2, 0.25) is 0 Å². The molecule has 2 atom stereocenters. The molecule has 3 aromatic rings. The van der Waals surface area contributed by atoms with Crippen molar-refractivity contribution in [2.75, 3.05) is 5.32 Å². The number of hydrogen-bond acceptors (Lipinski definition) is 2. The summed E-state index contributed by atoms with van der Waals surface area (Å²) in [7, 11) is 0. The number of benzene rings is 2. The molecule has 0 radical (unpaired) electrons. The van der Waals surface area contributed by atoms with Crippen LogP contribution in [0.5, 0.6) is 0 Å². The molecule has 0 bridgehead atoms. The summed E-state index contributed by atoms with van der Waals surface area (Å²) in [5.41, 5.74) is 6.31. The van der Waals surface area contributed by atoms with E-state index in [1.165, 1.54) is 16.8 Å². The van der Waals surface area contributed by atoms with E-state index < -0.39 is 0 Å². The highest BCUT2D eigenvalue weighted by molar-refractivity contribution is 5.80. The number of aromatic nitrogens is 2. The zero-order valence-corrected chi connectivity index (χ0v) is 11.6. The van der Waals surface area contributed by atoms with E-state index in [0.717, 1.165) is 23.0 Å². The fourth-order valence-electron chi connectivity index (χ4n) is 3.89. The largest absolute Gasteiger partial charge is 0.358 e. The van der Waals surface area contributed by atoms with Crippen molar-refractivity contribution >= 4 is 16.6 Å². The molecule has 3 heteroatoms. The van der Waals surface area contributed by atoms with Gasteiger partial charge in [0.15, 0.2) is 0 Å². The Kier molecular flexibility index (Phi) is 1.89. The van der Waals surface area contributed by atoms with Gasteiger partial charge in [0.05, 0.1) is 11.7 Å². The first-order valence-corrected chi connectivity index (χ1v) is 7.28. The van der Waals surface area contributed by atoms with Crippen molar-refractivity contribution in [2.24, 2.45) is 0 Å². The lowest BCUT2D eigenvalue weighted by atomic mass is 9.90. The van der Waals surface area contributed by atoms with Gasteiger partial charge in [0.1, 0.15) is 0 Å². The van der Waals surface area contributed by atoms with Crippen molar-refractivity contribution < 1.29 is 0 Å². The Morgan fingerprint density at radius 3 is 3.05 bits per heavy atom. The zero-order chi connectivity index (χ0) is 14.0. The van der Waals surface area contributed by atoms with Gasteiger partial charge < -0.3 is 5.32 Å². The molecule has 2 aliphatic rings. The van der Waals surface area contributed by atoms with Gasteiger partial charge in [-0.05, 0) is 29.7 Å². The average molecular weight is 273 g/mol. The van der Waals surface area contributed by atoms with E-state index in [2.05, 4.69) is 64.6 Å². The first-order chi connectivity index (χ1) is 10.3. The fraction of sp³-hybridized carbons (Fsp3) is 0.167. The maximum atomic E-state index is 4.28. The molecule has 2 N–H and O–H groups in total. The van der Waals surface area contributed by atoms with Gasteiger partial charge in [0, 0.05) is 28.1 Å². The normalized spacial score (nSPS) is 26.1. The molecule has 102 valence electrons. The number of rotatable bonds is 1. The first-order valence-electron chi connectivity index (χ1n) is 7.28. The van der Waals surface area contributed by atoms with Crippen LogP contribution in [0, 0.1) is 0 Å². The summed E-state index contributed by atoms with van der Waals surface area (Å²) in [6.45, 7) is 4.28. The molecule has 0 amide bonds. The molecule has 3 nitrogen and oxygen atoms in total. The molecule has 1 aromatic heterocycles. The van der Waals surface area contributed by atoms with E-state index in [1.807, 2.05) is 6.20 Å². The van der Waals surface area contributed by atoms with E-state index in [0.29, 0.717) is 5.92 Å². The van der Waals surface area contributed by atoms with Crippen LogP contribution in [0.4, 0.5) is 5.69 Å². The lowest BCUT2D eigenvalue weighted by molar-refractivity contribution is 0.826. The molecule has 1 aliphatic carbocycles. The Bertz CT molecular complexity index is 892.